The van der Waals surface area contributed by atoms with Crippen molar-refractivity contribution in [2.75, 3.05) is 13.7 Å². The Bertz CT molecular complexity index is 1540. The van der Waals surface area contributed by atoms with Crippen LogP contribution in [0.25, 0.3) is 10.8 Å². The Labute approximate surface area is 230 Å². The van der Waals surface area contributed by atoms with Crippen LogP contribution in [-0.2, 0) is 20.7 Å². The van der Waals surface area contributed by atoms with Crippen molar-refractivity contribution in [3.8, 4) is 5.75 Å². The first-order valence-electron chi connectivity index (χ1n) is 12.0. The van der Waals surface area contributed by atoms with Crippen molar-refractivity contribution in [1.82, 2.24) is 5.01 Å². The predicted molar refractivity (Wildman–Crippen MR) is 149 cm³/mol. The Hall–Kier alpha value is -3.87. The molecule has 0 saturated heterocycles. The Morgan fingerprint density at radius 1 is 0.947 bits per heavy atom. The van der Waals surface area contributed by atoms with Gasteiger partial charge < -0.3 is 9.47 Å². The average Bonchev–Trinajstić information content (AvgIpc) is 3.39. The number of benzene rings is 4. The van der Waals surface area contributed by atoms with Gasteiger partial charge in [-0.2, -0.15) is 5.10 Å². The lowest BCUT2D eigenvalue weighted by Crippen LogP contribution is -2.31. The number of carbonyl (C=O) groups excluding carboxylic acids is 2. The van der Waals surface area contributed by atoms with E-state index in [1.54, 1.807) is 25.3 Å². The summed E-state index contributed by atoms with van der Waals surface area (Å²) in [6, 6.07) is 26.3. The van der Waals surface area contributed by atoms with Crippen LogP contribution in [0.2, 0.25) is 10.0 Å². The summed E-state index contributed by atoms with van der Waals surface area (Å²) in [5.41, 5.74) is 3.19. The lowest BCUT2D eigenvalue weighted by molar-refractivity contribution is -0.152. The number of ether oxygens (including phenoxy) is 2. The van der Waals surface area contributed by atoms with Gasteiger partial charge in [0.2, 0.25) is 0 Å². The van der Waals surface area contributed by atoms with E-state index in [1.807, 2.05) is 54.6 Å². The molecule has 5 rings (SSSR count). The molecule has 1 aliphatic rings. The van der Waals surface area contributed by atoms with Crippen LogP contribution in [0.15, 0.2) is 90.0 Å². The fourth-order valence-electron chi connectivity index (χ4n) is 4.45. The predicted octanol–water partition coefficient (Wildman–Crippen LogP) is 6.62. The summed E-state index contributed by atoms with van der Waals surface area (Å²) < 4.78 is 10.6. The Morgan fingerprint density at radius 2 is 1.71 bits per heavy atom. The normalized spacial score (nSPS) is 14.9. The number of fused-ring (bicyclic) bond motifs is 1. The van der Waals surface area contributed by atoms with Gasteiger partial charge in [0.15, 0.2) is 6.61 Å². The Morgan fingerprint density at radius 3 is 2.45 bits per heavy atom. The van der Waals surface area contributed by atoms with E-state index in [-0.39, 0.29) is 12.5 Å². The molecule has 1 atom stereocenters. The summed E-state index contributed by atoms with van der Waals surface area (Å²) in [5.74, 6) is -0.270. The van der Waals surface area contributed by atoms with Gasteiger partial charge in [0, 0.05) is 16.5 Å². The quantitative estimate of drug-likeness (QED) is 0.244. The molecule has 0 bridgehead atoms. The van der Waals surface area contributed by atoms with Crippen molar-refractivity contribution in [2.24, 2.45) is 5.10 Å². The molecule has 0 aromatic heterocycles. The zero-order chi connectivity index (χ0) is 26.6. The van der Waals surface area contributed by atoms with Gasteiger partial charge in [0.1, 0.15) is 5.75 Å². The molecule has 4 aromatic carbocycles. The topological polar surface area (TPSA) is 68.2 Å². The first-order valence-corrected chi connectivity index (χ1v) is 12.8. The van der Waals surface area contributed by atoms with Crippen LogP contribution >= 0.6 is 23.2 Å². The molecular weight excluding hydrogens is 523 g/mol. The molecule has 4 aromatic rings. The average molecular weight is 547 g/mol. The number of hydrogen-bond acceptors (Lipinski definition) is 5. The Balaban J connectivity index is 1.36. The van der Waals surface area contributed by atoms with Crippen molar-refractivity contribution < 1.29 is 19.1 Å². The lowest BCUT2D eigenvalue weighted by Gasteiger charge is -2.22. The zero-order valence-electron chi connectivity index (χ0n) is 20.6. The van der Waals surface area contributed by atoms with Crippen LogP contribution in [0.3, 0.4) is 0 Å². The molecule has 0 N–H and O–H groups in total. The van der Waals surface area contributed by atoms with Crippen molar-refractivity contribution in [1.29, 1.82) is 0 Å². The van der Waals surface area contributed by atoms with Crippen molar-refractivity contribution in [3.63, 3.8) is 0 Å². The SMILES string of the molecule is COc1ccc(C2CC(c3ccc4ccccc4c3)=NN2C(=O)COC(=O)Cc2ccc(Cl)cc2Cl)cc1. The number of esters is 1. The third-order valence-corrected chi connectivity index (χ3v) is 7.04. The maximum atomic E-state index is 13.3. The number of hydrogen-bond donors (Lipinski definition) is 0. The highest BCUT2D eigenvalue weighted by Crippen LogP contribution is 2.34. The monoisotopic (exact) mass is 546 g/mol. The summed E-state index contributed by atoms with van der Waals surface area (Å²) >= 11 is 12.1. The molecule has 0 radical (unpaired) electrons. The fourth-order valence-corrected chi connectivity index (χ4v) is 4.92. The van der Waals surface area contributed by atoms with Crippen molar-refractivity contribution >= 4 is 51.6 Å². The minimum absolute atomic E-state index is 0.0726. The van der Waals surface area contributed by atoms with E-state index in [2.05, 4.69) is 12.1 Å². The second-order valence-electron chi connectivity index (χ2n) is 8.91. The third-order valence-electron chi connectivity index (χ3n) is 6.46. The van der Waals surface area contributed by atoms with Gasteiger partial charge in [-0.05, 0) is 57.8 Å². The molecular formula is C30H24Cl2N2O4. The van der Waals surface area contributed by atoms with Crippen molar-refractivity contribution in [3.05, 3.63) is 112 Å². The molecule has 6 nitrogen and oxygen atoms in total. The molecule has 1 unspecified atom stereocenters. The second kappa shape index (κ2) is 11.3. The number of hydrazone groups is 1. The lowest BCUT2D eigenvalue weighted by atomic mass is 9.97. The molecule has 1 heterocycles. The third kappa shape index (κ3) is 5.67. The van der Waals surface area contributed by atoms with Crippen LogP contribution in [0.4, 0.5) is 0 Å². The number of nitrogens with zero attached hydrogens (tertiary/aromatic N) is 2. The molecule has 0 saturated carbocycles. The summed E-state index contributed by atoms with van der Waals surface area (Å²) in [6.45, 7) is -0.439. The van der Waals surface area contributed by atoms with Gasteiger partial charge in [0.25, 0.3) is 5.91 Å². The number of carbonyl (C=O) groups is 2. The molecule has 0 aliphatic carbocycles. The minimum Gasteiger partial charge on any atom is -0.497 e. The number of methoxy groups -OCH3 is 1. The van der Waals surface area contributed by atoms with Gasteiger partial charge >= 0.3 is 5.97 Å². The largest absolute Gasteiger partial charge is 0.497 e. The molecule has 1 aliphatic heterocycles. The number of amides is 1. The van der Waals surface area contributed by atoms with Crippen LogP contribution in [-0.4, -0.2) is 36.3 Å². The van der Waals surface area contributed by atoms with Gasteiger partial charge in [-0.1, -0.05) is 77.8 Å². The highest BCUT2D eigenvalue weighted by Gasteiger charge is 2.33. The summed E-state index contributed by atoms with van der Waals surface area (Å²) in [7, 11) is 1.60. The molecule has 8 heteroatoms. The van der Waals surface area contributed by atoms with Crippen molar-refractivity contribution in [2.45, 2.75) is 18.9 Å². The second-order valence-corrected chi connectivity index (χ2v) is 9.76. The van der Waals surface area contributed by atoms with Crippen LogP contribution in [0.1, 0.15) is 29.2 Å². The van der Waals surface area contributed by atoms with Crippen LogP contribution < -0.4 is 4.74 Å². The number of halogens is 2. The summed E-state index contributed by atoms with van der Waals surface area (Å²) in [4.78, 5) is 25.8. The van der Waals surface area contributed by atoms with E-state index in [0.29, 0.717) is 22.0 Å². The maximum absolute atomic E-state index is 13.3. The van der Waals surface area contributed by atoms with E-state index in [1.165, 1.54) is 5.01 Å². The maximum Gasteiger partial charge on any atom is 0.310 e. The molecule has 0 spiro atoms. The Kier molecular flexibility index (Phi) is 7.63. The van der Waals surface area contributed by atoms with Gasteiger partial charge in [-0.3, -0.25) is 9.59 Å². The minimum atomic E-state index is -0.568. The van der Waals surface area contributed by atoms with Gasteiger partial charge in [0.05, 0.1) is 25.3 Å². The van der Waals surface area contributed by atoms with Gasteiger partial charge in [-0.15, -0.1) is 0 Å². The highest BCUT2D eigenvalue weighted by molar-refractivity contribution is 6.35. The molecule has 0 fully saturated rings. The summed E-state index contributed by atoms with van der Waals surface area (Å²) in [5, 5.41) is 9.16. The van der Waals surface area contributed by atoms with Crippen LogP contribution in [0, 0.1) is 0 Å². The van der Waals surface area contributed by atoms with E-state index in [4.69, 9.17) is 37.8 Å². The number of rotatable bonds is 7. The van der Waals surface area contributed by atoms with Crippen LogP contribution in [0.5, 0.6) is 5.75 Å². The van der Waals surface area contributed by atoms with E-state index in [9.17, 15) is 9.59 Å². The van der Waals surface area contributed by atoms with E-state index in [0.717, 1.165) is 33.4 Å². The first kappa shape index (κ1) is 25.8. The van der Waals surface area contributed by atoms with E-state index >= 15 is 0 Å². The molecule has 192 valence electrons. The van der Waals surface area contributed by atoms with E-state index < -0.39 is 18.5 Å². The first-order chi connectivity index (χ1) is 18.4. The highest BCUT2D eigenvalue weighted by atomic mass is 35.5. The smallest absolute Gasteiger partial charge is 0.310 e. The zero-order valence-corrected chi connectivity index (χ0v) is 22.1. The summed E-state index contributed by atoms with van der Waals surface area (Å²) in [6.07, 6.45) is 0.446. The standard InChI is InChI=1S/C30H24Cl2N2O4/c1-37-25-12-9-20(10-13-25)28-17-27(23-7-6-19-4-2-3-5-21(19)14-23)33-34(28)29(35)18-38-30(36)15-22-8-11-24(31)16-26(22)32/h2-14,16,28H,15,17-18H2,1H3. The van der Waals surface area contributed by atoms with Gasteiger partial charge in [-0.25, -0.2) is 5.01 Å². The molecule has 1 amide bonds. The fraction of sp³-hybridized carbons (Fsp3) is 0.167. The molecule has 38 heavy (non-hydrogen) atoms.